The van der Waals surface area contributed by atoms with Crippen LogP contribution in [0.25, 0.3) is 0 Å². The molecule has 3 aliphatic rings. The molecule has 1 aromatic heterocycles. The van der Waals surface area contributed by atoms with Crippen molar-refractivity contribution in [2.75, 3.05) is 5.32 Å². The molecule has 3 N–H and O–H groups in total. The third-order valence-corrected chi connectivity index (χ3v) is 7.26. The van der Waals surface area contributed by atoms with Crippen molar-refractivity contribution in [3.63, 3.8) is 0 Å². The third-order valence-electron chi connectivity index (χ3n) is 7.26. The number of rotatable bonds is 6. The minimum Gasteiger partial charge on any atom is -0.481 e. The summed E-state index contributed by atoms with van der Waals surface area (Å²) in [5.41, 5.74) is 2.80. The Morgan fingerprint density at radius 2 is 1.74 bits per heavy atom. The zero-order chi connectivity index (χ0) is 22.3. The maximum atomic E-state index is 13.3. The molecule has 0 unspecified atom stereocenters. The highest BCUT2D eigenvalue weighted by atomic mass is 16.4. The van der Waals surface area contributed by atoms with Gasteiger partial charge in [0.05, 0.1) is 17.5 Å². The number of anilines is 1. The molecule has 4 atom stereocenters. The van der Waals surface area contributed by atoms with Crippen molar-refractivity contribution in [2.24, 2.45) is 23.7 Å². The first kappa shape index (κ1) is 21.6. The van der Waals surface area contributed by atoms with Crippen molar-refractivity contribution >= 4 is 23.5 Å². The summed E-state index contributed by atoms with van der Waals surface area (Å²) in [6.07, 6.45) is 7.42. The summed E-state index contributed by atoms with van der Waals surface area (Å²) in [4.78, 5) is 38.3. The number of amides is 2. The summed E-state index contributed by atoms with van der Waals surface area (Å²) in [7, 11) is 0. The van der Waals surface area contributed by atoms with Crippen LogP contribution in [0.2, 0.25) is 0 Å². The number of carboxylic acids is 1. The molecule has 0 radical (unpaired) electrons. The molecule has 0 saturated heterocycles. The molecule has 0 aliphatic heterocycles. The minimum atomic E-state index is -0.922. The predicted octanol–water partition coefficient (Wildman–Crippen LogP) is 3.21. The number of nitrogens with one attached hydrogen (secondary N) is 2. The van der Waals surface area contributed by atoms with Crippen molar-refractivity contribution in [1.82, 2.24) is 15.1 Å². The fourth-order valence-electron chi connectivity index (χ4n) is 5.99. The van der Waals surface area contributed by atoms with Gasteiger partial charge in [0.15, 0.2) is 5.69 Å². The molecule has 168 valence electrons. The van der Waals surface area contributed by atoms with E-state index < -0.39 is 17.8 Å². The number of carbonyl (C=O) groups excluding carboxylic acids is 2. The molecule has 31 heavy (non-hydrogen) atoms. The number of hydrogen-bond donors (Lipinski definition) is 3. The number of hydrogen-bond acceptors (Lipinski definition) is 4. The van der Waals surface area contributed by atoms with E-state index in [0.29, 0.717) is 12.2 Å². The van der Waals surface area contributed by atoms with E-state index in [0.717, 1.165) is 49.7 Å². The standard InChI is InChI=1S/C23H32N4O4/c1-4-27-11-16(20(26-27)22(29)24-13-7-5-6-8-13)25-21(28)18-14-9-10-15(17(14)12(2)3)19(18)23(30)31/h11,13-15,18-19H,4-10H2,1-3H3,(H,24,29)(H,25,28)(H,30,31)/t14-,15+,18-,19-/m0/s1. The summed E-state index contributed by atoms with van der Waals surface area (Å²) < 4.78 is 1.62. The van der Waals surface area contributed by atoms with E-state index in [9.17, 15) is 19.5 Å². The van der Waals surface area contributed by atoms with Gasteiger partial charge in [-0.3, -0.25) is 19.1 Å². The number of allylic oxidation sites excluding steroid dienone is 2. The van der Waals surface area contributed by atoms with E-state index in [1.165, 1.54) is 0 Å². The van der Waals surface area contributed by atoms with Gasteiger partial charge in [0.25, 0.3) is 5.91 Å². The molecule has 2 bridgehead atoms. The number of nitrogens with zero attached hydrogens (tertiary/aromatic N) is 2. The molecule has 1 heterocycles. The van der Waals surface area contributed by atoms with Crippen LogP contribution in [-0.4, -0.2) is 38.7 Å². The fraction of sp³-hybridized carbons (Fsp3) is 0.652. The number of fused-ring (bicyclic) bond motifs is 2. The van der Waals surface area contributed by atoms with Gasteiger partial charge in [0, 0.05) is 18.8 Å². The first-order valence-corrected chi connectivity index (χ1v) is 11.4. The molecular formula is C23H32N4O4. The van der Waals surface area contributed by atoms with E-state index in [-0.39, 0.29) is 35.4 Å². The fourth-order valence-corrected chi connectivity index (χ4v) is 5.99. The molecule has 3 saturated carbocycles. The Labute approximate surface area is 182 Å². The smallest absolute Gasteiger partial charge is 0.307 e. The molecule has 2 amide bonds. The Hall–Kier alpha value is -2.64. The van der Waals surface area contributed by atoms with Crippen molar-refractivity contribution in [3.05, 3.63) is 23.0 Å². The average Bonchev–Trinajstić information content (AvgIpc) is 3.49. The van der Waals surface area contributed by atoms with Crippen LogP contribution >= 0.6 is 0 Å². The van der Waals surface area contributed by atoms with E-state index in [2.05, 4.69) is 15.7 Å². The van der Waals surface area contributed by atoms with Crippen LogP contribution in [0.15, 0.2) is 17.3 Å². The number of aliphatic carboxylic acids is 1. The number of aryl methyl sites for hydroxylation is 1. The Bertz CT molecular complexity index is 924. The lowest BCUT2D eigenvalue weighted by Crippen LogP contribution is -2.38. The lowest BCUT2D eigenvalue weighted by molar-refractivity contribution is -0.148. The molecule has 8 heteroatoms. The number of carboxylic acid groups (broad SMARTS) is 1. The van der Waals surface area contributed by atoms with Gasteiger partial charge >= 0.3 is 5.97 Å². The number of aromatic nitrogens is 2. The highest BCUT2D eigenvalue weighted by molar-refractivity contribution is 6.04. The monoisotopic (exact) mass is 428 g/mol. The lowest BCUT2D eigenvalue weighted by Gasteiger charge is -2.26. The molecule has 0 aromatic carbocycles. The molecule has 3 fully saturated rings. The minimum absolute atomic E-state index is 0.0481. The van der Waals surface area contributed by atoms with Gasteiger partial charge in [-0.2, -0.15) is 5.10 Å². The molecule has 4 rings (SSSR count). The van der Waals surface area contributed by atoms with E-state index >= 15 is 0 Å². The highest BCUT2D eigenvalue weighted by Crippen LogP contribution is 2.57. The Kier molecular flexibility index (Phi) is 5.90. The van der Waals surface area contributed by atoms with Crippen LogP contribution in [0, 0.1) is 23.7 Å². The van der Waals surface area contributed by atoms with Crippen LogP contribution in [0.1, 0.15) is 69.8 Å². The van der Waals surface area contributed by atoms with Gasteiger partial charge < -0.3 is 15.7 Å². The quantitative estimate of drug-likeness (QED) is 0.602. The van der Waals surface area contributed by atoms with Crippen molar-refractivity contribution < 1.29 is 19.5 Å². The normalized spacial score (nSPS) is 27.5. The highest BCUT2D eigenvalue weighted by Gasteiger charge is 2.57. The summed E-state index contributed by atoms with van der Waals surface area (Å²) in [5, 5.41) is 20.1. The van der Waals surface area contributed by atoms with Crippen LogP contribution in [0.5, 0.6) is 0 Å². The second-order valence-electron chi connectivity index (χ2n) is 9.33. The van der Waals surface area contributed by atoms with E-state index in [4.69, 9.17) is 0 Å². The van der Waals surface area contributed by atoms with Crippen LogP contribution in [0.4, 0.5) is 5.69 Å². The average molecular weight is 429 g/mol. The first-order valence-electron chi connectivity index (χ1n) is 11.4. The SMILES string of the molecule is CCn1cc(NC(=O)[C@@H]2[C@@H](C(=O)O)[C@@H]3CC[C@H]2C3=C(C)C)c(C(=O)NC2CCCC2)n1. The van der Waals surface area contributed by atoms with Crippen LogP contribution in [-0.2, 0) is 16.1 Å². The third kappa shape index (κ3) is 3.88. The van der Waals surface area contributed by atoms with Crippen LogP contribution in [0.3, 0.4) is 0 Å². The zero-order valence-corrected chi connectivity index (χ0v) is 18.5. The summed E-state index contributed by atoms with van der Waals surface area (Å²) in [6, 6.07) is 0.144. The van der Waals surface area contributed by atoms with Crippen molar-refractivity contribution in [3.8, 4) is 0 Å². The lowest BCUT2D eigenvalue weighted by atomic mass is 9.78. The van der Waals surface area contributed by atoms with E-state index in [1.807, 2.05) is 20.8 Å². The summed E-state index contributed by atoms with van der Waals surface area (Å²) in [6.45, 7) is 6.47. The second-order valence-corrected chi connectivity index (χ2v) is 9.33. The van der Waals surface area contributed by atoms with E-state index in [1.54, 1.807) is 10.9 Å². The van der Waals surface area contributed by atoms with Gasteiger partial charge in [-0.15, -0.1) is 0 Å². The van der Waals surface area contributed by atoms with Gasteiger partial charge in [-0.25, -0.2) is 0 Å². The first-order chi connectivity index (χ1) is 14.8. The maximum absolute atomic E-state index is 13.3. The Balaban J connectivity index is 1.58. The molecule has 3 aliphatic carbocycles. The number of carbonyl (C=O) groups is 3. The molecule has 1 aromatic rings. The van der Waals surface area contributed by atoms with Crippen molar-refractivity contribution in [1.29, 1.82) is 0 Å². The Morgan fingerprint density at radius 3 is 2.32 bits per heavy atom. The predicted molar refractivity (Wildman–Crippen MR) is 115 cm³/mol. The van der Waals surface area contributed by atoms with Gasteiger partial charge in [-0.1, -0.05) is 24.0 Å². The Morgan fingerprint density at radius 1 is 1.10 bits per heavy atom. The summed E-state index contributed by atoms with van der Waals surface area (Å²) >= 11 is 0. The van der Waals surface area contributed by atoms with Crippen LogP contribution < -0.4 is 10.6 Å². The molecule has 0 spiro atoms. The topological polar surface area (TPSA) is 113 Å². The molecular weight excluding hydrogens is 396 g/mol. The summed E-state index contributed by atoms with van der Waals surface area (Å²) in [5.74, 6) is -3.02. The van der Waals surface area contributed by atoms with Crippen molar-refractivity contribution in [2.45, 2.75) is 71.9 Å². The van der Waals surface area contributed by atoms with Gasteiger partial charge in [0.2, 0.25) is 5.91 Å². The zero-order valence-electron chi connectivity index (χ0n) is 18.5. The molecule has 8 nitrogen and oxygen atoms in total. The largest absolute Gasteiger partial charge is 0.481 e. The maximum Gasteiger partial charge on any atom is 0.307 e. The van der Waals surface area contributed by atoms with Gasteiger partial charge in [-0.05, 0) is 58.3 Å². The van der Waals surface area contributed by atoms with Gasteiger partial charge in [0.1, 0.15) is 0 Å². The second kappa shape index (κ2) is 8.48.